The Morgan fingerprint density at radius 3 is 3.00 bits per heavy atom. The van der Waals surface area contributed by atoms with Crippen LogP contribution in [0, 0.1) is 0 Å². The second-order valence-corrected chi connectivity index (χ2v) is 3.59. The van der Waals surface area contributed by atoms with Gasteiger partial charge < -0.3 is 14.6 Å². The third-order valence-corrected chi connectivity index (χ3v) is 2.35. The van der Waals surface area contributed by atoms with Crippen LogP contribution in [0.15, 0.2) is 12.4 Å². The van der Waals surface area contributed by atoms with Gasteiger partial charge in [0.05, 0.1) is 0 Å². The van der Waals surface area contributed by atoms with Crippen LogP contribution in [0.2, 0.25) is 0 Å². The number of ether oxygens (including phenoxy) is 1. The molecule has 0 radical (unpaired) electrons. The monoisotopic (exact) mass is 225 g/mol. The number of rotatable bonds is 6. The van der Waals surface area contributed by atoms with Gasteiger partial charge in [0.1, 0.15) is 11.9 Å². The first-order valence-corrected chi connectivity index (χ1v) is 5.50. The van der Waals surface area contributed by atoms with E-state index in [9.17, 15) is 4.79 Å². The molecule has 0 bridgehead atoms. The predicted molar refractivity (Wildman–Crippen MR) is 61.0 cm³/mol. The third-order valence-electron chi connectivity index (χ3n) is 2.35. The first-order chi connectivity index (χ1) is 7.65. The second kappa shape index (κ2) is 6.27. The Morgan fingerprint density at radius 1 is 1.69 bits per heavy atom. The molecule has 5 heteroatoms. The molecule has 90 valence electrons. The average Bonchev–Trinajstić information content (AvgIpc) is 2.65. The predicted octanol–water partition coefficient (Wildman–Crippen LogP) is 0.504. The third kappa shape index (κ3) is 3.66. The molecule has 0 aliphatic carbocycles. The molecule has 0 fully saturated rings. The highest BCUT2D eigenvalue weighted by Gasteiger charge is 2.11. The number of carbonyl (C=O) groups excluding carboxylic acids is 1. The highest BCUT2D eigenvalue weighted by Crippen LogP contribution is 1.95. The lowest BCUT2D eigenvalue weighted by atomic mass is 10.3. The molecule has 0 aliphatic rings. The van der Waals surface area contributed by atoms with Crippen molar-refractivity contribution in [2.24, 2.45) is 7.05 Å². The van der Waals surface area contributed by atoms with Gasteiger partial charge >= 0.3 is 0 Å². The normalized spacial score (nSPS) is 12.4. The summed E-state index contributed by atoms with van der Waals surface area (Å²) in [7, 11) is 1.94. The van der Waals surface area contributed by atoms with E-state index in [1.807, 2.05) is 24.7 Å². The Balaban J connectivity index is 2.25. The molecule has 0 spiro atoms. The van der Waals surface area contributed by atoms with Gasteiger partial charge in [0.2, 0.25) is 5.91 Å². The Kier molecular flexibility index (Phi) is 4.98. The second-order valence-electron chi connectivity index (χ2n) is 3.59. The van der Waals surface area contributed by atoms with Crippen LogP contribution in [-0.4, -0.2) is 34.7 Å². The van der Waals surface area contributed by atoms with E-state index >= 15 is 0 Å². The van der Waals surface area contributed by atoms with Crippen molar-refractivity contribution in [3.05, 3.63) is 18.2 Å². The van der Waals surface area contributed by atoms with Gasteiger partial charge in [0.25, 0.3) is 0 Å². The number of aryl methyl sites for hydroxylation is 1. The zero-order valence-corrected chi connectivity index (χ0v) is 10.1. The molecule has 0 aromatic carbocycles. The van der Waals surface area contributed by atoms with Crippen molar-refractivity contribution in [1.82, 2.24) is 14.9 Å². The van der Waals surface area contributed by atoms with Gasteiger partial charge in [-0.15, -0.1) is 0 Å². The topological polar surface area (TPSA) is 56.1 Å². The van der Waals surface area contributed by atoms with E-state index in [0.29, 0.717) is 13.2 Å². The molecule has 0 aliphatic heterocycles. The fraction of sp³-hybridized carbons (Fsp3) is 0.636. The molecule has 0 saturated heterocycles. The average molecular weight is 225 g/mol. The maximum absolute atomic E-state index is 11.5. The minimum atomic E-state index is -0.383. The Labute approximate surface area is 95.8 Å². The number of nitrogens with zero attached hydrogens (tertiary/aromatic N) is 2. The lowest BCUT2D eigenvalue weighted by Crippen LogP contribution is -2.35. The molecule has 1 aromatic rings. The van der Waals surface area contributed by atoms with E-state index in [2.05, 4.69) is 10.3 Å². The summed E-state index contributed by atoms with van der Waals surface area (Å²) in [5.41, 5.74) is 0. The number of nitrogens with one attached hydrogen (secondary N) is 1. The van der Waals surface area contributed by atoms with E-state index < -0.39 is 0 Å². The molecule has 1 aromatic heterocycles. The van der Waals surface area contributed by atoms with Crippen LogP contribution in [0.25, 0.3) is 0 Å². The smallest absolute Gasteiger partial charge is 0.248 e. The summed E-state index contributed by atoms with van der Waals surface area (Å²) in [6.07, 6.45) is 3.99. The van der Waals surface area contributed by atoms with Gasteiger partial charge in [-0.05, 0) is 13.8 Å². The first kappa shape index (κ1) is 12.7. The summed E-state index contributed by atoms with van der Waals surface area (Å²) in [6.45, 7) is 4.76. The first-order valence-electron chi connectivity index (χ1n) is 5.50. The molecule has 16 heavy (non-hydrogen) atoms. The Morgan fingerprint density at radius 2 is 2.44 bits per heavy atom. The molecule has 5 nitrogen and oxygen atoms in total. The molecule has 1 atom stereocenters. The van der Waals surface area contributed by atoms with Crippen molar-refractivity contribution >= 4 is 5.91 Å². The summed E-state index contributed by atoms with van der Waals surface area (Å²) in [4.78, 5) is 15.7. The van der Waals surface area contributed by atoms with Crippen LogP contribution in [0.5, 0.6) is 0 Å². The van der Waals surface area contributed by atoms with Gasteiger partial charge in [-0.25, -0.2) is 4.98 Å². The lowest BCUT2D eigenvalue weighted by molar-refractivity contribution is -0.131. The SMILES string of the molecule is CCO[C@@H](C)C(=O)NCCc1nccn1C. The maximum Gasteiger partial charge on any atom is 0.248 e. The largest absolute Gasteiger partial charge is 0.369 e. The number of amides is 1. The Hall–Kier alpha value is -1.36. The van der Waals surface area contributed by atoms with Crippen molar-refractivity contribution in [2.45, 2.75) is 26.4 Å². The molecule has 0 saturated carbocycles. The van der Waals surface area contributed by atoms with Crippen molar-refractivity contribution in [2.75, 3.05) is 13.2 Å². The standard InChI is InChI=1S/C11H19N3O2/c1-4-16-9(2)11(15)13-6-5-10-12-7-8-14(10)3/h7-9H,4-6H2,1-3H3,(H,13,15)/t9-/m0/s1. The fourth-order valence-electron chi connectivity index (χ4n) is 1.40. The van der Waals surface area contributed by atoms with Crippen LogP contribution in [0.3, 0.4) is 0 Å². The molecule has 1 N–H and O–H groups in total. The summed E-state index contributed by atoms with van der Waals surface area (Å²) in [5.74, 6) is 0.889. The summed E-state index contributed by atoms with van der Waals surface area (Å²) >= 11 is 0. The molecular weight excluding hydrogens is 206 g/mol. The fourth-order valence-corrected chi connectivity index (χ4v) is 1.40. The molecule has 0 unspecified atom stereocenters. The van der Waals surface area contributed by atoms with Gasteiger partial charge in [-0.1, -0.05) is 0 Å². The van der Waals surface area contributed by atoms with E-state index in [0.717, 1.165) is 12.2 Å². The summed E-state index contributed by atoms with van der Waals surface area (Å²) < 4.78 is 7.12. The summed E-state index contributed by atoms with van der Waals surface area (Å²) in [6, 6.07) is 0. The van der Waals surface area contributed by atoms with Gasteiger partial charge in [0, 0.05) is 39.0 Å². The van der Waals surface area contributed by atoms with Crippen molar-refractivity contribution in [3.63, 3.8) is 0 Å². The van der Waals surface area contributed by atoms with Gasteiger partial charge in [-0.3, -0.25) is 4.79 Å². The van der Waals surface area contributed by atoms with E-state index in [1.165, 1.54) is 0 Å². The van der Waals surface area contributed by atoms with E-state index in [1.54, 1.807) is 13.1 Å². The zero-order valence-electron chi connectivity index (χ0n) is 10.1. The molecule has 1 amide bonds. The molecule has 1 heterocycles. The Bertz CT molecular complexity index is 336. The van der Waals surface area contributed by atoms with Crippen molar-refractivity contribution in [3.8, 4) is 0 Å². The number of imidazole rings is 1. The number of carbonyl (C=O) groups is 1. The van der Waals surface area contributed by atoms with Crippen LogP contribution < -0.4 is 5.32 Å². The molecule has 1 rings (SSSR count). The highest BCUT2D eigenvalue weighted by atomic mass is 16.5. The van der Waals surface area contributed by atoms with Crippen LogP contribution in [0.4, 0.5) is 0 Å². The van der Waals surface area contributed by atoms with Crippen molar-refractivity contribution < 1.29 is 9.53 Å². The van der Waals surface area contributed by atoms with Crippen molar-refractivity contribution in [1.29, 1.82) is 0 Å². The van der Waals surface area contributed by atoms with Gasteiger partial charge in [-0.2, -0.15) is 0 Å². The van der Waals surface area contributed by atoms with E-state index in [-0.39, 0.29) is 12.0 Å². The van der Waals surface area contributed by atoms with Crippen LogP contribution in [0.1, 0.15) is 19.7 Å². The molecular formula is C11H19N3O2. The minimum absolute atomic E-state index is 0.0731. The lowest BCUT2D eigenvalue weighted by Gasteiger charge is -2.11. The van der Waals surface area contributed by atoms with Crippen LogP contribution in [-0.2, 0) is 23.0 Å². The summed E-state index contributed by atoms with van der Waals surface area (Å²) in [5, 5.41) is 2.82. The highest BCUT2D eigenvalue weighted by molar-refractivity contribution is 5.80. The number of hydrogen-bond donors (Lipinski definition) is 1. The van der Waals surface area contributed by atoms with E-state index in [4.69, 9.17) is 4.74 Å². The van der Waals surface area contributed by atoms with Gasteiger partial charge in [0.15, 0.2) is 0 Å². The number of aromatic nitrogens is 2. The zero-order chi connectivity index (χ0) is 12.0. The van der Waals surface area contributed by atoms with Crippen LogP contribution >= 0.6 is 0 Å². The number of hydrogen-bond acceptors (Lipinski definition) is 3. The minimum Gasteiger partial charge on any atom is -0.369 e. The quantitative estimate of drug-likeness (QED) is 0.767. The maximum atomic E-state index is 11.5.